The van der Waals surface area contributed by atoms with Crippen LogP contribution in [0.25, 0.3) is 0 Å². The van der Waals surface area contributed by atoms with E-state index in [1.807, 2.05) is 13.8 Å². The highest BCUT2D eigenvalue weighted by molar-refractivity contribution is 5.72. The molecule has 4 heteroatoms. The van der Waals surface area contributed by atoms with Crippen LogP contribution in [0, 0.1) is 5.92 Å². The van der Waals surface area contributed by atoms with E-state index in [9.17, 15) is 4.79 Å². The standard InChI is InChI=1S/C8H14O4/c1-5(2)7(8(9)10)12-6-3-11-4-6/h5-7H,3-4H2,1-2H3,(H,9,10). The topological polar surface area (TPSA) is 55.8 Å². The molecule has 0 amide bonds. The Labute approximate surface area is 71.5 Å². The van der Waals surface area contributed by atoms with Gasteiger partial charge in [-0.1, -0.05) is 13.8 Å². The third-order valence-corrected chi connectivity index (χ3v) is 1.80. The average molecular weight is 174 g/mol. The van der Waals surface area contributed by atoms with Crippen LogP contribution in [-0.2, 0) is 14.3 Å². The van der Waals surface area contributed by atoms with E-state index in [1.54, 1.807) is 0 Å². The van der Waals surface area contributed by atoms with Crippen molar-refractivity contribution in [2.24, 2.45) is 5.92 Å². The smallest absolute Gasteiger partial charge is 0.333 e. The van der Waals surface area contributed by atoms with E-state index >= 15 is 0 Å². The number of carboxylic acid groups (broad SMARTS) is 1. The number of rotatable bonds is 4. The molecule has 0 radical (unpaired) electrons. The molecule has 0 aromatic rings. The Kier molecular flexibility index (Phi) is 3.05. The van der Waals surface area contributed by atoms with E-state index in [0.29, 0.717) is 13.2 Å². The van der Waals surface area contributed by atoms with Gasteiger partial charge in [-0.25, -0.2) is 4.79 Å². The minimum absolute atomic E-state index is 0.00287. The van der Waals surface area contributed by atoms with E-state index in [2.05, 4.69) is 0 Å². The van der Waals surface area contributed by atoms with Crippen LogP contribution in [-0.4, -0.2) is 36.5 Å². The lowest BCUT2D eigenvalue weighted by molar-refractivity contribution is -0.185. The van der Waals surface area contributed by atoms with Gasteiger partial charge in [0.1, 0.15) is 6.10 Å². The second-order valence-electron chi connectivity index (χ2n) is 3.30. The molecule has 1 heterocycles. The van der Waals surface area contributed by atoms with Crippen LogP contribution >= 0.6 is 0 Å². The SMILES string of the molecule is CC(C)C(OC1COC1)C(=O)O. The van der Waals surface area contributed by atoms with Crippen molar-refractivity contribution in [3.63, 3.8) is 0 Å². The van der Waals surface area contributed by atoms with Crippen LogP contribution in [0.15, 0.2) is 0 Å². The first kappa shape index (κ1) is 9.48. The summed E-state index contributed by atoms with van der Waals surface area (Å²) < 4.78 is 10.2. The molecule has 0 aromatic carbocycles. The molecule has 4 nitrogen and oxygen atoms in total. The molecule has 0 bridgehead atoms. The Bertz CT molecular complexity index is 162. The van der Waals surface area contributed by atoms with Crippen molar-refractivity contribution in [1.29, 1.82) is 0 Å². The number of aliphatic carboxylic acids is 1. The molecule has 1 atom stereocenters. The third kappa shape index (κ3) is 2.19. The third-order valence-electron chi connectivity index (χ3n) is 1.80. The molecular formula is C8H14O4. The number of hydrogen-bond acceptors (Lipinski definition) is 3. The fraction of sp³-hybridized carbons (Fsp3) is 0.875. The Balaban J connectivity index is 2.36. The molecular weight excluding hydrogens is 160 g/mol. The van der Waals surface area contributed by atoms with Crippen LogP contribution in [0.2, 0.25) is 0 Å². The van der Waals surface area contributed by atoms with Crippen molar-refractivity contribution in [1.82, 2.24) is 0 Å². The maximum Gasteiger partial charge on any atom is 0.333 e. The minimum atomic E-state index is -0.892. The summed E-state index contributed by atoms with van der Waals surface area (Å²) in [6, 6.07) is 0. The van der Waals surface area contributed by atoms with E-state index in [0.717, 1.165) is 0 Å². The van der Waals surface area contributed by atoms with E-state index in [4.69, 9.17) is 14.6 Å². The summed E-state index contributed by atoms with van der Waals surface area (Å²) >= 11 is 0. The van der Waals surface area contributed by atoms with Gasteiger partial charge in [0, 0.05) is 0 Å². The molecule has 1 unspecified atom stereocenters. The van der Waals surface area contributed by atoms with E-state index in [1.165, 1.54) is 0 Å². The lowest BCUT2D eigenvalue weighted by Gasteiger charge is -2.30. The summed E-state index contributed by atoms with van der Waals surface area (Å²) in [4.78, 5) is 10.7. The van der Waals surface area contributed by atoms with Gasteiger partial charge >= 0.3 is 5.97 Å². The average Bonchev–Trinajstić information content (AvgIpc) is 1.82. The van der Waals surface area contributed by atoms with Crippen molar-refractivity contribution in [3.8, 4) is 0 Å². The lowest BCUT2D eigenvalue weighted by atomic mass is 10.1. The highest BCUT2D eigenvalue weighted by Gasteiger charge is 2.29. The molecule has 70 valence electrons. The Morgan fingerprint density at radius 2 is 2.17 bits per heavy atom. The molecule has 0 aliphatic carbocycles. The first-order valence-corrected chi connectivity index (χ1v) is 4.07. The summed E-state index contributed by atoms with van der Waals surface area (Å²) in [7, 11) is 0. The lowest BCUT2D eigenvalue weighted by Crippen LogP contribution is -2.43. The van der Waals surface area contributed by atoms with Gasteiger partial charge in [0.05, 0.1) is 13.2 Å². The molecule has 1 rings (SSSR count). The zero-order valence-electron chi connectivity index (χ0n) is 7.32. The number of carboxylic acids is 1. The molecule has 1 N–H and O–H groups in total. The fourth-order valence-corrected chi connectivity index (χ4v) is 1.00. The van der Waals surface area contributed by atoms with E-state index < -0.39 is 12.1 Å². The zero-order chi connectivity index (χ0) is 9.14. The highest BCUT2D eigenvalue weighted by atomic mass is 16.6. The van der Waals surface area contributed by atoms with Crippen molar-refractivity contribution in [2.45, 2.75) is 26.1 Å². The normalized spacial score (nSPS) is 20.6. The fourth-order valence-electron chi connectivity index (χ4n) is 1.00. The zero-order valence-corrected chi connectivity index (χ0v) is 7.32. The molecule has 0 aromatic heterocycles. The van der Waals surface area contributed by atoms with E-state index in [-0.39, 0.29) is 12.0 Å². The van der Waals surface area contributed by atoms with Gasteiger partial charge in [-0.2, -0.15) is 0 Å². The van der Waals surface area contributed by atoms with Crippen molar-refractivity contribution in [2.75, 3.05) is 13.2 Å². The predicted molar refractivity (Wildman–Crippen MR) is 42.0 cm³/mol. The molecule has 1 fully saturated rings. The van der Waals surface area contributed by atoms with Gasteiger partial charge in [-0.05, 0) is 5.92 Å². The van der Waals surface area contributed by atoms with Crippen LogP contribution in [0.1, 0.15) is 13.8 Å². The largest absolute Gasteiger partial charge is 0.479 e. The second-order valence-corrected chi connectivity index (χ2v) is 3.30. The minimum Gasteiger partial charge on any atom is -0.479 e. The molecule has 1 aliphatic rings. The Morgan fingerprint density at radius 3 is 2.42 bits per heavy atom. The van der Waals surface area contributed by atoms with Crippen molar-refractivity contribution >= 4 is 5.97 Å². The highest BCUT2D eigenvalue weighted by Crippen LogP contribution is 2.14. The van der Waals surface area contributed by atoms with Gasteiger partial charge in [-0.15, -0.1) is 0 Å². The van der Waals surface area contributed by atoms with Gasteiger partial charge in [0.25, 0.3) is 0 Å². The monoisotopic (exact) mass is 174 g/mol. The van der Waals surface area contributed by atoms with Crippen molar-refractivity contribution < 1.29 is 19.4 Å². The molecule has 12 heavy (non-hydrogen) atoms. The second kappa shape index (κ2) is 3.87. The number of ether oxygens (including phenoxy) is 2. The number of carbonyl (C=O) groups is 1. The Morgan fingerprint density at radius 1 is 1.58 bits per heavy atom. The summed E-state index contributed by atoms with van der Waals surface area (Å²) in [5, 5.41) is 8.75. The van der Waals surface area contributed by atoms with Gasteiger partial charge < -0.3 is 14.6 Å². The van der Waals surface area contributed by atoms with Gasteiger partial charge in [-0.3, -0.25) is 0 Å². The molecule has 1 saturated heterocycles. The van der Waals surface area contributed by atoms with Gasteiger partial charge in [0.15, 0.2) is 6.10 Å². The van der Waals surface area contributed by atoms with Crippen LogP contribution < -0.4 is 0 Å². The van der Waals surface area contributed by atoms with Gasteiger partial charge in [0.2, 0.25) is 0 Å². The molecule has 0 saturated carbocycles. The summed E-state index contributed by atoms with van der Waals surface area (Å²) in [5.74, 6) is -0.889. The molecule has 1 aliphatic heterocycles. The predicted octanol–water partition coefficient (Wildman–Crippen LogP) is 0.511. The van der Waals surface area contributed by atoms with Crippen LogP contribution in [0.3, 0.4) is 0 Å². The quantitative estimate of drug-likeness (QED) is 0.674. The first-order chi connectivity index (χ1) is 5.61. The summed E-state index contributed by atoms with van der Waals surface area (Å²) in [6.45, 7) is 4.71. The summed E-state index contributed by atoms with van der Waals surface area (Å²) in [6.07, 6.45) is -0.715. The van der Waals surface area contributed by atoms with Crippen LogP contribution in [0.4, 0.5) is 0 Å². The number of hydrogen-bond donors (Lipinski definition) is 1. The van der Waals surface area contributed by atoms with Crippen LogP contribution in [0.5, 0.6) is 0 Å². The maximum absolute atomic E-state index is 10.7. The Hall–Kier alpha value is -0.610. The van der Waals surface area contributed by atoms with Crippen molar-refractivity contribution in [3.05, 3.63) is 0 Å². The molecule has 0 spiro atoms. The maximum atomic E-state index is 10.7. The summed E-state index contributed by atoms with van der Waals surface area (Å²) in [5.41, 5.74) is 0. The first-order valence-electron chi connectivity index (χ1n) is 4.07.